The van der Waals surface area contributed by atoms with Crippen molar-refractivity contribution in [2.75, 3.05) is 26.7 Å². The van der Waals surface area contributed by atoms with Gasteiger partial charge in [-0.2, -0.15) is 0 Å². The maximum atomic E-state index is 12.5. The maximum absolute atomic E-state index is 12.5. The number of halogens is 1. The van der Waals surface area contributed by atoms with Crippen molar-refractivity contribution in [3.63, 3.8) is 0 Å². The second-order valence-electron chi connectivity index (χ2n) is 7.23. The molecule has 2 amide bonds. The van der Waals surface area contributed by atoms with Gasteiger partial charge >= 0.3 is 0 Å². The molecule has 2 rings (SSSR count). The monoisotopic (exact) mass is 359 g/mol. The zero-order chi connectivity index (χ0) is 16.7. The van der Waals surface area contributed by atoms with E-state index in [9.17, 15) is 9.59 Å². The van der Waals surface area contributed by atoms with Crippen LogP contribution >= 0.6 is 12.4 Å². The van der Waals surface area contributed by atoms with Crippen molar-refractivity contribution < 1.29 is 9.59 Å². The highest BCUT2D eigenvalue weighted by atomic mass is 35.5. The fraction of sp³-hybridized carbons (Fsp3) is 0.889. The summed E-state index contributed by atoms with van der Waals surface area (Å²) in [4.78, 5) is 26.7. The lowest BCUT2D eigenvalue weighted by molar-refractivity contribution is -0.138. The van der Waals surface area contributed by atoms with E-state index >= 15 is 0 Å². The number of carbonyl (C=O) groups is 2. The molecule has 1 aliphatic carbocycles. The largest absolute Gasteiger partial charge is 0.344 e. The minimum absolute atomic E-state index is 0. The Hall–Kier alpha value is -0.810. The second-order valence-corrected chi connectivity index (χ2v) is 7.23. The summed E-state index contributed by atoms with van der Waals surface area (Å²) in [7, 11) is 1.98. The Morgan fingerprint density at radius 1 is 1.08 bits per heavy atom. The molecular formula is C18H34ClN3O2. The molecule has 0 radical (unpaired) electrons. The van der Waals surface area contributed by atoms with Crippen molar-refractivity contribution >= 4 is 24.2 Å². The van der Waals surface area contributed by atoms with Crippen LogP contribution in [0.3, 0.4) is 0 Å². The van der Waals surface area contributed by atoms with Gasteiger partial charge in [0.1, 0.15) is 6.04 Å². The molecule has 0 aromatic carbocycles. The van der Waals surface area contributed by atoms with E-state index < -0.39 is 6.04 Å². The summed E-state index contributed by atoms with van der Waals surface area (Å²) in [5.74, 6) is 1.00. The van der Waals surface area contributed by atoms with E-state index in [0.29, 0.717) is 0 Å². The van der Waals surface area contributed by atoms with Gasteiger partial charge in [-0.25, -0.2) is 0 Å². The van der Waals surface area contributed by atoms with Gasteiger partial charge in [0.2, 0.25) is 11.8 Å². The number of carbonyl (C=O) groups excluding carboxylic acids is 2. The van der Waals surface area contributed by atoms with Crippen LogP contribution in [0.2, 0.25) is 0 Å². The molecule has 24 heavy (non-hydrogen) atoms. The van der Waals surface area contributed by atoms with Crippen LogP contribution in [0.4, 0.5) is 0 Å². The Morgan fingerprint density at radius 2 is 1.71 bits per heavy atom. The van der Waals surface area contributed by atoms with Crippen LogP contribution in [0.25, 0.3) is 0 Å². The number of rotatable bonds is 6. The van der Waals surface area contributed by atoms with E-state index in [1.54, 1.807) is 0 Å². The molecule has 1 aliphatic heterocycles. The fourth-order valence-corrected chi connectivity index (χ4v) is 3.82. The maximum Gasteiger partial charge on any atom is 0.244 e. The van der Waals surface area contributed by atoms with Crippen molar-refractivity contribution in [1.29, 1.82) is 0 Å². The van der Waals surface area contributed by atoms with Gasteiger partial charge in [0.15, 0.2) is 0 Å². The van der Waals surface area contributed by atoms with Gasteiger partial charge in [0.05, 0.1) is 0 Å². The molecule has 2 N–H and O–H groups in total. The average molecular weight is 360 g/mol. The molecule has 0 spiro atoms. The van der Waals surface area contributed by atoms with Crippen molar-refractivity contribution in [3.8, 4) is 0 Å². The fourth-order valence-electron chi connectivity index (χ4n) is 3.82. The van der Waals surface area contributed by atoms with E-state index in [1.165, 1.54) is 12.8 Å². The zero-order valence-corrected chi connectivity index (χ0v) is 16.0. The van der Waals surface area contributed by atoms with Crippen molar-refractivity contribution in [3.05, 3.63) is 0 Å². The predicted molar refractivity (Wildman–Crippen MR) is 99.3 cm³/mol. The lowest BCUT2D eigenvalue weighted by atomic mass is 9.88. The minimum atomic E-state index is -0.390. The SMILES string of the molecule is CNCCC1CCN(C(=O)[C@H](C)NC(=O)C2CCCCC2)CC1.Cl. The van der Waals surface area contributed by atoms with Crippen LogP contribution < -0.4 is 10.6 Å². The number of likely N-dealkylation sites (tertiary alicyclic amines) is 1. The molecular weight excluding hydrogens is 326 g/mol. The Kier molecular flexibility index (Phi) is 9.67. The van der Waals surface area contributed by atoms with E-state index in [4.69, 9.17) is 0 Å². The van der Waals surface area contributed by atoms with Crippen LogP contribution in [-0.2, 0) is 9.59 Å². The smallest absolute Gasteiger partial charge is 0.244 e. The highest BCUT2D eigenvalue weighted by Crippen LogP contribution is 2.24. The van der Waals surface area contributed by atoms with E-state index in [2.05, 4.69) is 10.6 Å². The highest BCUT2D eigenvalue weighted by molar-refractivity contribution is 5.88. The molecule has 0 aromatic heterocycles. The molecule has 2 aliphatic rings. The molecule has 1 heterocycles. The molecule has 140 valence electrons. The summed E-state index contributed by atoms with van der Waals surface area (Å²) in [5.41, 5.74) is 0. The molecule has 0 bridgehead atoms. The van der Waals surface area contributed by atoms with Crippen LogP contribution in [-0.4, -0.2) is 49.4 Å². The van der Waals surface area contributed by atoms with E-state index in [-0.39, 0.29) is 30.1 Å². The Morgan fingerprint density at radius 3 is 2.29 bits per heavy atom. The van der Waals surface area contributed by atoms with Crippen molar-refractivity contribution in [2.45, 2.75) is 64.3 Å². The van der Waals surface area contributed by atoms with Gasteiger partial charge in [0, 0.05) is 19.0 Å². The molecule has 0 aromatic rings. The summed E-state index contributed by atoms with van der Waals surface area (Å²) >= 11 is 0. The molecule has 2 fully saturated rings. The Balaban J connectivity index is 0.00000288. The van der Waals surface area contributed by atoms with E-state index in [1.807, 2.05) is 18.9 Å². The van der Waals surface area contributed by atoms with Crippen LogP contribution in [0.15, 0.2) is 0 Å². The number of amides is 2. The van der Waals surface area contributed by atoms with Gasteiger partial charge in [-0.3, -0.25) is 9.59 Å². The number of hydrogen-bond acceptors (Lipinski definition) is 3. The zero-order valence-electron chi connectivity index (χ0n) is 15.2. The third kappa shape index (κ3) is 6.25. The van der Waals surface area contributed by atoms with Crippen LogP contribution in [0.1, 0.15) is 58.3 Å². The second kappa shape index (κ2) is 10.9. The standard InChI is InChI=1S/C18H33N3O2.ClH/c1-14(20-17(22)16-6-4-3-5-7-16)18(23)21-12-9-15(10-13-21)8-11-19-2;/h14-16,19H,3-13H2,1-2H3,(H,20,22);1H/t14-;/m0./s1. The van der Waals surface area contributed by atoms with Gasteiger partial charge in [-0.15, -0.1) is 12.4 Å². The minimum Gasteiger partial charge on any atom is -0.344 e. The summed E-state index contributed by atoms with van der Waals surface area (Å²) in [6.07, 6.45) is 8.81. The summed E-state index contributed by atoms with van der Waals surface area (Å²) in [5, 5.41) is 6.14. The summed E-state index contributed by atoms with van der Waals surface area (Å²) in [6.45, 7) is 4.54. The summed E-state index contributed by atoms with van der Waals surface area (Å²) in [6, 6.07) is -0.390. The Labute approximate surface area is 152 Å². The number of hydrogen-bond donors (Lipinski definition) is 2. The molecule has 6 heteroatoms. The quantitative estimate of drug-likeness (QED) is 0.765. The third-order valence-corrected chi connectivity index (χ3v) is 5.43. The molecule has 1 saturated heterocycles. The first-order valence-electron chi connectivity index (χ1n) is 9.35. The number of nitrogens with zero attached hydrogens (tertiary/aromatic N) is 1. The van der Waals surface area contributed by atoms with Gasteiger partial charge in [-0.05, 0) is 58.5 Å². The van der Waals surface area contributed by atoms with Gasteiger partial charge < -0.3 is 15.5 Å². The molecule has 5 nitrogen and oxygen atoms in total. The molecule has 0 unspecified atom stereocenters. The number of piperidine rings is 1. The first kappa shape index (κ1) is 21.2. The lowest BCUT2D eigenvalue weighted by Crippen LogP contribution is -2.50. The van der Waals surface area contributed by atoms with Crippen molar-refractivity contribution in [2.24, 2.45) is 11.8 Å². The van der Waals surface area contributed by atoms with Crippen molar-refractivity contribution in [1.82, 2.24) is 15.5 Å². The van der Waals surface area contributed by atoms with Gasteiger partial charge in [-0.1, -0.05) is 19.3 Å². The first-order chi connectivity index (χ1) is 11.1. The number of nitrogens with one attached hydrogen (secondary N) is 2. The lowest BCUT2D eigenvalue weighted by Gasteiger charge is -2.34. The average Bonchev–Trinajstić information content (AvgIpc) is 2.60. The predicted octanol–water partition coefficient (Wildman–Crippen LogP) is 2.34. The first-order valence-corrected chi connectivity index (χ1v) is 9.35. The van der Waals surface area contributed by atoms with E-state index in [0.717, 1.165) is 64.1 Å². The summed E-state index contributed by atoms with van der Waals surface area (Å²) < 4.78 is 0. The molecule has 1 atom stereocenters. The van der Waals surface area contributed by atoms with Crippen LogP contribution in [0, 0.1) is 11.8 Å². The normalized spacial score (nSPS) is 21.0. The highest BCUT2D eigenvalue weighted by Gasteiger charge is 2.28. The van der Waals surface area contributed by atoms with Gasteiger partial charge in [0.25, 0.3) is 0 Å². The van der Waals surface area contributed by atoms with Crippen LogP contribution in [0.5, 0.6) is 0 Å². The topological polar surface area (TPSA) is 61.4 Å². The molecule has 1 saturated carbocycles. The third-order valence-electron chi connectivity index (χ3n) is 5.43. The Bertz CT molecular complexity index is 392.